The third kappa shape index (κ3) is 2.45. The summed E-state index contributed by atoms with van der Waals surface area (Å²) in [6.07, 6.45) is 9.73. The van der Waals surface area contributed by atoms with Gasteiger partial charge >= 0.3 is 0 Å². The van der Waals surface area contributed by atoms with E-state index >= 15 is 0 Å². The minimum atomic E-state index is -0.270. The molecule has 0 bridgehead atoms. The first-order valence-corrected chi connectivity index (χ1v) is 8.79. The zero-order valence-electron chi connectivity index (χ0n) is 12.3. The summed E-state index contributed by atoms with van der Waals surface area (Å²) in [6, 6.07) is 0.432. The number of amides is 2. The van der Waals surface area contributed by atoms with Gasteiger partial charge in [-0.2, -0.15) is 0 Å². The highest BCUT2D eigenvalue weighted by atomic mass is 32.1. The summed E-state index contributed by atoms with van der Waals surface area (Å²) in [5, 5.41) is 5.31. The number of hydrogen-bond donors (Lipinski definition) is 1. The third-order valence-corrected chi connectivity index (χ3v) is 5.62. The maximum Gasteiger partial charge on any atom is 0.230 e. The van der Waals surface area contributed by atoms with Gasteiger partial charge < -0.3 is 10.2 Å². The number of carbonyl (C=O) groups is 2. The topological polar surface area (TPSA) is 62.3 Å². The van der Waals surface area contributed by atoms with Crippen LogP contribution in [0.5, 0.6) is 0 Å². The third-order valence-electron chi connectivity index (χ3n) is 4.93. The second kappa shape index (κ2) is 5.50. The molecule has 2 amide bonds. The number of allylic oxidation sites excluding steroid dienone is 2. The lowest BCUT2D eigenvalue weighted by Gasteiger charge is -2.41. The summed E-state index contributed by atoms with van der Waals surface area (Å²) in [4.78, 5) is 31.6. The number of nitrogens with one attached hydrogen (secondary N) is 1. The SMILES string of the molecule is O=C(Nc1nccs1)C1CC=CC2CCN(C3CC3)C(=O)C21. The van der Waals surface area contributed by atoms with Crippen molar-refractivity contribution in [3.05, 3.63) is 23.7 Å². The highest BCUT2D eigenvalue weighted by Crippen LogP contribution is 2.41. The number of fused-ring (bicyclic) bond motifs is 1. The summed E-state index contributed by atoms with van der Waals surface area (Å²) in [6.45, 7) is 0.843. The summed E-state index contributed by atoms with van der Waals surface area (Å²) in [5.41, 5.74) is 0. The van der Waals surface area contributed by atoms with Crippen LogP contribution >= 0.6 is 11.3 Å². The van der Waals surface area contributed by atoms with E-state index in [1.807, 2.05) is 10.3 Å². The van der Waals surface area contributed by atoms with E-state index in [1.165, 1.54) is 11.3 Å². The highest BCUT2D eigenvalue weighted by Gasteiger charge is 2.47. The first-order valence-electron chi connectivity index (χ1n) is 7.91. The average molecular weight is 317 g/mol. The number of rotatable bonds is 3. The molecule has 3 unspecified atom stereocenters. The van der Waals surface area contributed by atoms with Crippen molar-refractivity contribution < 1.29 is 9.59 Å². The van der Waals surface area contributed by atoms with Gasteiger partial charge in [0.1, 0.15) is 0 Å². The Morgan fingerprint density at radius 2 is 2.23 bits per heavy atom. The molecule has 1 saturated carbocycles. The van der Waals surface area contributed by atoms with E-state index in [0.29, 0.717) is 17.6 Å². The van der Waals surface area contributed by atoms with E-state index in [2.05, 4.69) is 22.5 Å². The Morgan fingerprint density at radius 1 is 1.36 bits per heavy atom. The van der Waals surface area contributed by atoms with Gasteiger partial charge in [0.15, 0.2) is 5.13 Å². The number of aromatic nitrogens is 1. The molecule has 1 N–H and O–H groups in total. The minimum Gasteiger partial charge on any atom is -0.339 e. The Kier molecular flexibility index (Phi) is 3.48. The van der Waals surface area contributed by atoms with Crippen molar-refractivity contribution in [1.29, 1.82) is 0 Å². The van der Waals surface area contributed by atoms with E-state index in [-0.39, 0.29) is 29.6 Å². The van der Waals surface area contributed by atoms with E-state index < -0.39 is 0 Å². The fourth-order valence-electron chi connectivity index (χ4n) is 3.69. The van der Waals surface area contributed by atoms with Gasteiger partial charge in [-0.05, 0) is 31.6 Å². The number of likely N-dealkylation sites (tertiary alicyclic amines) is 1. The van der Waals surface area contributed by atoms with Crippen molar-refractivity contribution >= 4 is 28.3 Å². The molecular formula is C16H19N3O2S. The monoisotopic (exact) mass is 317 g/mol. The Morgan fingerprint density at radius 3 is 2.95 bits per heavy atom. The average Bonchev–Trinajstić information content (AvgIpc) is 3.24. The van der Waals surface area contributed by atoms with Gasteiger partial charge in [-0.3, -0.25) is 9.59 Å². The van der Waals surface area contributed by atoms with Crippen molar-refractivity contribution in [2.75, 3.05) is 11.9 Å². The fourth-order valence-corrected chi connectivity index (χ4v) is 4.22. The fraction of sp³-hybridized carbons (Fsp3) is 0.562. The van der Waals surface area contributed by atoms with Crippen LogP contribution in [0.4, 0.5) is 5.13 Å². The summed E-state index contributed by atoms with van der Waals surface area (Å²) >= 11 is 1.40. The number of piperidine rings is 1. The molecule has 3 atom stereocenters. The molecule has 1 saturated heterocycles. The molecular weight excluding hydrogens is 298 g/mol. The molecule has 0 spiro atoms. The van der Waals surface area contributed by atoms with E-state index in [1.54, 1.807) is 6.20 Å². The number of thiazole rings is 1. The molecule has 1 aliphatic heterocycles. The first kappa shape index (κ1) is 13.9. The molecule has 4 rings (SSSR count). The summed E-state index contributed by atoms with van der Waals surface area (Å²) in [7, 11) is 0. The number of anilines is 1. The van der Waals surface area contributed by atoms with Crippen LogP contribution in [0, 0.1) is 17.8 Å². The Labute approximate surface area is 133 Å². The number of nitrogens with zero attached hydrogens (tertiary/aromatic N) is 2. The van der Waals surface area contributed by atoms with Gasteiger partial charge in [0.2, 0.25) is 11.8 Å². The first-order chi connectivity index (χ1) is 10.7. The maximum absolute atomic E-state index is 12.9. The minimum absolute atomic E-state index is 0.0692. The quantitative estimate of drug-likeness (QED) is 0.870. The van der Waals surface area contributed by atoms with Crippen molar-refractivity contribution in [2.45, 2.75) is 31.7 Å². The van der Waals surface area contributed by atoms with Crippen LogP contribution in [-0.4, -0.2) is 34.3 Å². The summed E-state index contributed by atoms with van der Waals surface area (Å²) < 4.78 is 0. The Balaban J connectivity index is 1.54. The zero-order chi connectivity index (χ0) is 15.1. The lowest BCUT2D eigenvalue weighted by molar-refractivity contribution is -0.147. The van der Waals surface area contributed by atoms with Crippen molar-refractivity contribution in [3.63, 3.8) is 0 Å². The normalized spacial score (nSPS) is 31.0. The lowest BCUT2D eigenvalue weighted by atomic mass is 9.71. The van der Waals surface area contributed by atoms with Gasteiger partial charge in [0.25, 0.3) is 0 Å². The molecule has 1 aromatic rings. The molecule has 116 valence electrons. The maximum atomic E-state index is 12.9. The molecule has 2 heterocycles. The molecule has 22 heavy (non-hydrogen) atoms. The second-order valence-corrected chi connectivity index (χ2v) is 7.23. The van der Waals surface area contributed by atoms with Gasteiger partial charge in [-0.1, -0.05) is 12.2 Å². The van der Waals surface area contributed by atoms with Gasteiger partial charge in [0, 0.05) is 24.2 Å². The van der Waals surface area contributed by atoms with Gasteiger partial charge in [-0.25, -0.2) is 4.98 Å². The predicted molar refractivity (Wildman–Crippen MR) is 84.3 cm³/mol. The van der Waals surface area contributed by atoms with Crippen LogP contribution < -0.4 is 5.32 Å². The molecule has 5 nitrogen and oxygen atoms in total. The van der Waals surface area contributed by atoms with Crippen LogP contribution in [0.25, 0.3) is 0 Å². The molecule has 2 fully saturated rings. The van der Waals surface area contributed by atoms with Crippen LogP contribution in [0.15, 0.2) is 23.7 Å². The zero-order valence-corrected chi connectivity index (χ0v) is 13.1. The van der Waals surface area contributed by atoms with Crippen LogP contribution in [0.3, 0.4) is 0 Å². The molecule has 3 aliphatic rings. The largest absolute Gasteiger partial charge is 0.339 e. The lowest BCUT2D eigenvalue weighted by Crippen LogP contribution is -2.51. The van der Waals surface area contributed by atoms with Crippen molar-refractivity contribution in [2.24, 2.45) is 17.8 Å². The Hall–Kier alpha value is -1.69. The van der Waals surface area contributed by atoms with E-state index in [4.69, 9.17) is 0 Å². The molecule has 0 aromatic carbocycles. The highest BCUT2D eigenvalue weighted by molar-refractivity contribution is 7.13. The van der Waals surface area contributed by atoms with Crippen LogP contribution in [-0.2, 0) is 9.59 Å². The number of carbonyl (C=O) groups excluding carboxylic acids is 2. The van der Waals surface area contributed by atoms with Gasteiger partial charge in [-0.15, -0.1) is 11.3 Å². The molecule has 6 heteroatoms. The molecule has 0 radical (unpaired) electrons. The van der Waals surface area contributed by atoms with Crippen molar-refractivity contribution in [3.8, 4) is 0 Å². The smallest absolute Gasteiger partial charge is 0.230 e. The second-order valence-electron chi connectivity index (χ2n) is 6.34. The van der Waals surface area contributed by atoms with E-state index in [9.17, 15) is 9.59 Å². The summed E-state index contributed by atoms with van der Waals surface area (Å²) in [5.74, 6) is -0.141. The standard InChI is InChI=1S/C16H19N3O2S/c20-14(18-16-17-7-9-22-16)12-3-1-2-10-6-8-19(11-4-5-11)15(21)13(10)12/h1-2,7,9-13H,3-6,8H2,(H,17,18,20). The number of hydrogen-bond acceptors (Lipinski definition) is 4. The van der Waals surface area contributed by atoms with Gasteiger partial charge in [0.05, 0.1) is 11.8 Å². The predicted octanol–water partition coefficient (Wildman–Crippen LogP) is 2.28. The molecule has 1 aromatic heterocycles. The van der Waals surface area contributed by atoms with Crippen LogP contribution in [0.1, 0.15) is 25.7 Å². The van der Waals surface area contributed by atoms with Crippen LogP contribution in [0.2, 0.25) is 0 Å². The molecule has 2 aliphatic carbocycles. The van der Waals surface area contributed by atoms with E-state index in [0.717, 1.165) is 25.8 Å². The Bertz CT molecular complexity index is 609. The van der Waals surface area contributed by atoms with Crippen molar-refractivity contribution in [1.82, 2.24) is 9.88 Å².